The second-order valence-electron chi connectivity index (χ2n) is 4.81. The van der Waals surface area contributed by atoms with E-state index in [9.17, 15) is 0 Å². The molecular weight excluding hydrogens is 196 g/mol. The normalized spacial score (nSPS) is 12.6. The van der Waals surface area contributed by atoms with Crippen LogP contribution in [0.1, 0.15) is 37.8 Å². The third-order valence-electron chi connectivity index (χ3n) is 2.54. The summed E-state index contributed by atoms with van der Waals surface area (Å²) in [5.41, 5.74) is 2.51. The minimum absolute atomic E-state index is 0.376. The molecule has 0 aromatic heterocycles. The molecule has 1 heteroatoms. The van der Waals surface area contributed by atoms with Gasteiger partial charge in [0.1, 0.15) is 5.75 Å². The molecule has 0 aliphatic heterocycles. The van der Waals surface area contributed by atoms with Crippen molar-refractivity contribution in [1.29, 1.82) is 0 Å². The van der Waals surface area contributed by atoms with Gasteiger partial charge in [-0.15, -0.1) is 6.58 Å². The van der Waals surface area contributed by atoms with Gasteiger partial charge in [0, 0.05) is 0 Å². The molecule has 0 radical (unpaired) electrons. The van der Waals surface area contributed by atoms with Crippen LogP contribution in [0.25, 0.3) is 0 Å². The summed E-state index contributed by atoms with van der Waals surface area (Å²) < 4.78 is 5.75. The Balaban J connectivity index is 2.85. The monoisotopic (exact) mass is 218 g/mol. The fraction of sp³-hybridized carbons (Fsp3) is 0.467. The number of hydrogen-bond acceptors (Lipinski definition) is 1. The van der Waals surface area contributed by atoms with Crippen molar-refractivity contribution in [3.63, 3.8) is 0 Å². The smallest absolute Gasteiger partial charge is 0.119 e. The lowest BCUT2D eigenvalue weighted by Crippen LogP contribution is -2.05. The van der Waals surface area contributed by atoms with E-state index in [4.69, 9.17) is 4.74 Å². The van der Waals surface area contributed by atoms with Crippen molar-refractivity contribution in [2.75, 3.05) is 6.61 Å². The van der Waals surface area contributed by atoms with Crippen LogP contribution in [0.2, 0.25) is 0 Å². The van der Waals surface area contributed by atoms with Crippen molar-refractivity contribution < 1.29 is 4.74 Å². The predicted octanol–water partition coefficient (Wildman–Crippen LogP) is 4.32. The van der Waals surface area contributed by atoms with Crippen LogP contribution >= 0.6 is 0 Å². The van der Waals surface area contributed by atoms with Crippen LogP contribution in [0, 0.1) is 12.8 Å². The Morgan fingerprint density at radius 2 is 1.94 bits per heavy atom. The Morgan fingerprint density at radius 3 is 2.50 bits per heavy atom. The molecular formula is C15H22O. The van der Waals surface area contributed by atoms with E-state index in [1.165, 1.54) is 11.1 Å². The Labute approximate surface area is 99.1 Å². The van der Waals surface area contributed by atoms with E-state index in [0.29, 0.717) is 11.8 Å². The Hall–Kier alpha value is -1.24. The van der Waals surface area contributed by atoms with E-state index in [1.807, 2.05) is 6.08 Å². The number of hydrogen-bond donors (Lipinski definition) is 0. The van der Waals surface area contributed by atoms with Crippen LogP contribution in [0.3, 0.4) is 0 Å². The largest absolute Gasteiger partial charge is 0.493 e. The molecule has 16 heavy (non-hydrogen) atoms. The molecule has 0 aliphatic rings. The van der Waals surface area contributed by atoms with Gasteiger partial charge in [0.2, 0.25) is 0 Å². The van der Waals surface area contributed by atoms with Gasteiger partial charge < -0.3 is 4.74 Å². The van der Waals surface area contributed by atoms with Gasteiger partial charge in [0.15, 0.2) is 0 Å². The fourth-order valence-electron chi connectivity index (χ4n) is 1.52. The van der Waals surface area contributed by atoms with Gasteiger partial charge in [-0.05, 0) is 42.0 Å². The standard InChI is InChI=1S/C15H22O/c1-6-13(5)14-7-12(4)8-15(9-14)16-10-11(2)3/h6-9,11,13H,1,10H2,2-5H3. The summed E-state index contributed by atoms with van der Waals surface area (Å²) in [5, 5.41) is 0. The second-order valence-corrected chi connectivity index (χ2v) is 4.81. The van der Waals surface area contributed by atoms with Crippen molar-refractivity contribution in [3.8, 4) is 5.75 Å². The van der Waals surface area contributed by atoms with E-state index >= 15 is 0 Å². The molecule has 0 N–H and O–H groups in total. The summed E-state index contributed by atoms with van der Waals surface area (Å²) in [4.78, 5) is 0. The zero-order valence-electron chi connectivity index (χ0n) is 10.8. The summed E-state index contributed by atoms with van der Waals surface area (Å²) >= 11 is 0. The van der Waals surface area contributed by atoms with Gasteiger partial charge in [0.05, 0.1) is 6.61 Å². The minimum atomic E-state index is 0.376. The molecule has 0 amide bonds. The first-order valence-corrected chi connectivity index (χ1v) is 5.90. The van der Waals surface area contributed by atoms with Gasteiger partial charge in [0.25, 0.3) is 0 Å². The van der Waals surface area contributed by atoms with Gasteiger partial charge in [-0.2, -0.15) is 0 Å². The zero-order valence-corrected chi connectivity index (χ0v) is 10.8. The maximum Gasteiger partial charge on any atom is 0.119 e. The van der Waals surface area contributed by atoms with Crippen LogP contribution in [0.15, 0.2) is 30.9 Å². The molecule has 0 heterocycles. The summed E-state index contributed by atoms with van der Waals surface area (Å²) in [6, 6.07) is 6.39. The van der Waals surface area contributed by atoms with Crippen LogP contribution < -0.4 is 4.74 Å². The quantitative estimate of drug-likeness (QED) is 0.669. The van der Waals surface area contributed by atoms with Gasteiger partial charge in [-0.25, -0.2) is 0 Å². The van der Waals surface area contributed by atoms with E-state index in [1.54, 1.807) is 0 Å². The lowest BCUT2D eigenvalue weighted by molar-refractivity contribution is 0.270. The highest BCUT2D eigenvalue weighted by atomic mass is 16.5. The number of benzene rings is 1. The van der Waals surface area contributed by atoms with Crippen molar-refractivity contribution >= 4 is 0 Å². The molecule has 1 aromatic rings. The highest BCUT2D eigenvalue weighted by Gasteiger charge is 2.05. The predicted molar refractivity (Wildman–Crippen MR) is 70.1 cm³/mol. The lowest BCUT2D eigenvalue weighted by Gasteiger charge is -2.13. The molecule has 1 aromatic carbocycles. The molecule has 0 fully saturated rings. The van der Waals surface area contributed by atoms with Crippen molar-refractivity contribution in [1.82, 2.24) is 0 Å². The number of ether oxygens (including phenoxy) is 1. The summed E-state index contributed by atoms with van der Waals surface area (Å²) in [7, 11) is 0. The second kappa shape index (κ2) is 5.74. The highest BCUT2D eigenvalue weighted by molar-refractivity contribution is 5.36. The summed E-state index contributed by atoms with van der Waals surface area (Å²) in [5.74, 6) is 1.90. The molecule has 88 valence electrons. The molecule has 1 nitrogen and oxygen atoms in total. The molecule has 0 bridgehead atoms. The number of aryl methyl sites for hydroxylation is 1. The van der Waals surface area contributed by atoms with Crippen molar-refractivity contribution in [3.05, 3.63) is 42.0 Å². The first kappa shape index (κ1) is 12.8. The van der Waals surface area contributed by atoms with E-state index in [0.717, 1.165) is 12.4 Å². The lowest BCUT2D eigenvalue weighted by atomic mass is 9.99. The Morgan fingerprint density at radius 1 is 1.25 bits per heavy atom. The van der Waals surface area contributed by atoms with Crippen LogP contribution in [0.5, 0.6) is 5.75 Å². The number of allylic oxidation sites excluding steroid dienone is 1. The molecule has 0 aliphatic carbocycles. The minimum Gasteiger partial charge on any atom is -0.493 e. The van der Waals surface area contributed by atoms with Crippen LogP contribution in [-0.2, 0) is 0 Å². The van der Waals surface area contributed by atoms with Gasteiger partial charge in [-0.3, -0.25) is 0 Å². The van der Waals surface area contributed by atoms with Gasteiger partial charge >= 0.3 is 0 Å². The van der Waals surface area contributed by atoms with E-state index in [-0.39, 0.29) is 0 Å². The van der Waals surface area contributed by atoms with E-state index < -0.39 is 0 Å². The average molecular weight is 218 g/mol. The molecule has 0 spiro atoms. The SMILES string of the molecule is C=CC(C)c1cc(C)cc(OCC(C)C)c1. The maximum absolute atomic E-state index is 5.75. The van der Waals surface area contributed by atoms with E-state index in [2.05, 4.69) is 52.5 Å². The molecule has 0 saturated carbocycles. The van der Waals surface area contributed by atoms with Crippen molar-refractivity contribution in [2.24, 2.45) is 5.92 Å². The summed E-state index contributed by atoms with van der Waals surface area (Å²) in [6.45, 7) is 13.2. The summed E-state index contributed by atoms with van der Waals surface area (Å²) in [6.07, 6.45) is 1.96. The third kappa shape index (κ3) is 3.73. The Kier molecular flexibility index (Phi) is 4.60. The first-order chi connectivity index (χ1) is 7.52. The van der Waals surface area contributed by atoms with Crippen LogP contribution in [-0.4, -0.2) is 6.61 Å². The van der Waals surface area contributed by atoms with Crippen molar-refractivity contribution in [2.45, 2.75) is 33.6 Å². The van der Waals surface area contributed by atoms with Crippen LogP contribution in [0.4, 0.5) is 0 Å². The average Bonchev–Trinajstić information content (AvgIpc) is 2.24. The maximum atomic E-state index is 5.75. The number of rotatable bonds is 5. The molecule has 0 saturated heterocycles. The molecule has 1 atom stereocenters. The first-order valence-electron chi connectivity index (χ1n) is 5.90. The highest BCUT2D eigenvalue weighted by Crippen LogP contribution is 2.24. The zero-order chi connectivity index (χ0) is 12.1. The van der Waals surface area contributed by atoms with Gasteiger partial charge in [-0.1, -0.05) is 32.9 Å². The molecule has 1 unspecified atom stereocenters. The molecule has 1 rings (SSSR count). The third-order valence-corrected chi connectivity index (χ3v) is 2.54. The topological polar surface area (TPSA) is 9.23 Å². The fourth-order valence-corrected chi connectivity index (χ4v) is 1.52. The Bertz CT molecular complexity index is 352.